The number of methoxy groups -OCH3 is 1. The number of unbranched alkanes of at least 4 members (excludes halogenated alkanes) is 4. The molecule has 0 spiro atoms. The topological polar surface area (TPSA) is 27.7 Å². The van der Waals surface area contributed by atoms with Crippen molar-refractivity contribution in [2.24, 2.45) is 0 Å². The second kappa shape index (κ2) is 12.7. The fourth-order valence-electron chi connectivity index (χ4n) is 2.01. The van der Waals surface area contributed by atoms with Crippen LogP contribution in [0.5, 0.6) is 5.75 Å². The van der Waals surface area contributed by atoms with Gasteiger partial charge in [0.15, 0.2) is 0 Å². The number of hydrogen-bond acceptors (Lipinski definition) is 3. The van der Waals surface area contributed by atoms with Crippen molar-refractivity contribution in [3.8, 4) is 5.75 Å². The average Bonchev–Trinajstić information content (AvgIpc) is 2.52. The van der Waals surface area contributed by atoms with E-state index in [1.54, 1.807) is 7.11 Å². The zero-order chi connectivity index (χ0) is 15.2. The Morgan fingerprint density at radius 3 is 2.19 bits per heavy atom. The highest BCUT2D eigenvalue weighted by atomic mass is 16.5. The smallest absolute Gasteiger partial charge is 0.119 e. The number of hydrogen-bond donors (Lipinski definition) is 0. The first kappa shape index (κ1) is 18.0. The molecule has 0 aliphatic heterocycles. The summed E-state index contributed by atoms with van der Waals surface area (Å²) in [5.74, 6) is 0.949. The highest BCUT2D eigenvalue weighted by molar-refractivity contribution is 5.26. The van der Waals surface area contributed by atoms with Crippen LogP contribution in [0.3, 0.4) is 0 Å². The summed E-state index contributed by atoms with van der Waals surface area (Å²) in [5, 5.41) is 0. The van der Waals surface area contributed by atoms with E-state index in [2.05, 4.69) is 19.1 Å². The second-order valence-corrected chi connectivity index (χ2v) is 5.31. The number of ether oxygens (including phenoxy) is 3. The summed E-state index contributed by atoms with van der Waals surface area (Å²) in [6.45, 7) is 5.36. The van der Waals surface area contributed by atoms with Gasteiger partial charge < -0.3 is 14.2 Å². The summed E-state index contributed by atoms with van der Waals surface area (Å²) in [5.41, 5.74) is 1.21. The molecule has 0 saturated heterocycles. The van der Waals surface area contributed by atoms with Gasteiger partial charge in [0.25, 0.3) is 0 Å². The van der Waals surface area contributed by atoms with E-state index >= 15 is 0 Å². The van der Waals surface area contributed by atoms with Gasteiger partial charge in [-0.3, -0.25) is 0 Å². The Kier molecular flexibility index (Phi) is 10.8. The minimum absolute atomic E-state index is 0.688. The van der Waals surface area contributed by atoms with Crippen LogP contribution in [0.25, 0.3) is 0 Å². The molecule has 0 amide bonds. The lowest BCUT2D eigenvalue weighted by Crippen LogP contribution is -1.98. The molecule has 0 aliphatic carbocycles. The Morgan fingerprint density at radius 2 is 1.52 bits per heavy atom. The van der Waals surface area contributed by atoms with Crippen LogP contribution in [0.15, 0.2) is 24.3 Å². The maximum Gasteiger partial charge on any atom is 0.119 e. The highest BCUT2D eigenvalue weighted by Crippen LogP contribution is 2.13. The number of benzene rings is 1. The van der Waals surface area contributed by atoms with E-state index in [0.29, 0.717) is 6.61 Å². The molecule has 1 aromatic carbocycles. The molecule has 0 unspecified atom stereocenters. The van der Waals surface area contributed by atoms with Gasteiger partial charge in [-0.05, 0) is 37.0 Å². The van der Waals surface area contributed by atoms with E-state index in [-0.39, 0.29) is 0 Å². The lowest BCUT2D eigenvalue weighted by Gasteiger charge is -2.07. The Balaban J connectivity index is 2.04. The van der Waals surface area contributed by atoms with Crippen LogP contribution in [0.4, 0.5) is 0 Å². The summed E-state index contributed by atoms with van der Waals surface area (Å²) < 4.78 is 16.4. The first-order chi connectivity index (χ1) is 10.4. The molecule has 120 valence electrons. The van der Waals surface area contributed by atoms with Crippen LogP contribution in [0.1, 0.15) is 51.0 Å². The highest BCUT2D eigenvalue weighted by Gasteiger charge is 1.97. The van der Waals surface area contributed by atoms with Crippen LogP contribution < -0.4 is 4.74 Å². The van der Waals surface area contributed by atoms with Crippen molar-refractivity contribution in [3.05, 3.63) is 29.8 Å². The third-order valence-corrected chi connectivity index (χ3v) is 3.35. The first-order valence-electron chi connectivity index (χ1n) is 8.15. The van der Waals surface area contributed by atoms with E-state index in [1.165, 1.54) is 18.4 Å². The fourth-order valence-corrected chi connectivity index (χ4v) is 2.01. The summed E-state index contributed by atoms with van der Waals surface area (Å²) in [6.07, 6.45) is 6.99. The van der Waals surface area contributed by atoms with Crippen LogP contribution in [0.2, 0.25) is 0 Å². The molecule has 0 bridgehead atoms. The monoisotopic (exact) mass is 294 g/mol. The molecule has 0 N–H and O–H groups in total. The van der Waals surface area contributed by atoms with Crippen molar-refractivity contribution in [3.63, 3.8) is 0 Å². The maximum atomic E-state index is 5.69. The van der Waals surface area contributed by atoms with Gasteiger partial charge in [0.05, 0.1) is 13.2 Å². The van der Waals surface area contributed by atoms with E-state index in [4.69, 9.17) is 14.2 Å². The molecule has 3 heteroatoms. The van der Waals surface area contributed by atoms with Crippen molar-refractivity contribution in [1.29, 1.82) is 0 Å². The molecular weight excluding hydrogens is 264 g/mol. The van der Waals surface area contributed by atoms with Gasteiger partial charge in [0.1, 0.15) is 5.75 Å². The third-order valence-electron chi connectivity index (χ3n) is 3.35. The zero-order valence-corrected chi connectivity index (χ0v) is 13.6. The van der Waals surface area contributed by atoms with Gasteiger partial charge in [-0.1, -0.05) is 38.3 Å². The van der Waals surface area contributed by atoms with Gasteiger partial charge >= 0.3 is 0 Å². The van der Waals surface area contributed by atoms with Crippen molar-refractivity contribution < 1.29 is 14.2 Å². The largest absolute Gasteiger partial charge is 0.494 e. The second-order valence-electron chi connectivity index (χ2n) is 5.31. The quantitative estimate of drug-likeness (QED) is 0.498. The molecule has 0 radical (unpaired) electrons. The van der Waals surface area contributed by atoms with E-state index < -0.39 is 0 Å². The summed E-state index contributed by atoms with van der Waals surface area (Å²) in [6, 6.07) is 8.22. The molecule has 3 nitrogen and oxygen atoms in total. The van der Waals surface area contributed by atoms with Gasteiger partial charge in [-0.15, -0.1) is 0 Å². The summed E-state index contributed by atoms with van der Waals surface area (Å²) in [4.78, 5) is 0. The minimum atomic E-state index is 0.688. The first-order valence-corrected chi connectivity index (χ1v) is 8.15. The lowest BCUT2D eigenvalue weighted by atomic mass is 10.2. The third kappa shape index (κ3) is 9.48. The SMILES string of the molecule is CCCCOc1ccc(COCCCCCCOC)cc1. The average molecular weight is 294 g/mol. The molecule has 0 fully saturated rings. The number of rotatable bonds is 13. The Hall–Kier alpha value is -1.06. The molecule has 1 rings (SSSR count). The summed E-state index contributed by atoms with van der Waals surface area (Å²) >= 11 is 0. The Morgan fingerprint density at radius 1 is 0.810 bits per heavy atom. The summed E-state index contributed by atoms with van der Waals surface area (Å²) in [7, 11) is 1.75. The Labute approximate surface area is 129 Å². The molecule has 0 aromatic heterocycles. The van der Waals surface area contributed by atoms with Crippen LogP contribution in [-0.2, 0) is 16.1 Å². The normalized spacial score (nSPS) is 10.8. The molecule has 0 aliphatic rings. The molecular formula is C18H30O3. The van der Waals surface area contributed by atoms with E-state index in [9.17, 15) is 0 Å². The van der Waals surface area contributed by atoms with Crippen molar-refractivity contribution in [1.82, 2.24) is 0 Å². The van der Waals surface area contributed by atoms with Gasteiger partial charge in [0.2, 0.25) is 0 Å². The van der Waals surface area contributed by atoms with E-state index in [0.717, 1.165) is 51.3 Å². The molecule has 0 heterocycles. The van der Waals surface area contributed by atoms with Gasteiger partial charge in [-0.25, -0.2) is 0 Å². The molecule has 0 atom stereocenters. The Bertz CT molecular complexity index is 335. The maximum absolute atomic E-state index is 5.69. The van der Waals surface area contributed by atoms with E-state index in [1.807, 2.05) is 12.1 Å². The van der Waals surface area contributed by atoms with Crippen LogP contribution >= 0.6 is 0 Å². The van der Waals surface area contributed by atoms with Crippen LogP contribution in [-0.4, -0.2) is 26.9 Å². The van der Waals surface area contributed by atoms with Crippen molar-refractivity contribution in [2.75, 3.05) is 26.9 Å². The van der Waals surface area contributed by atoms with Crippen molar-refractivity contribution in [2.45, 2.75) is 52.1 Å². The van der Waals surface area contributed by atoms with Crippen molar-refractivity contribution >= 4 is 0 Å². The molecule has 1 aromatic rings. The minimum Gasteiger partial charge on any atom is -0.494 e. The standard InChI is InChI=1S/C18H30O3/c1-3-4-15-21-18-11-9-17(10-12-18)16-20-14-8-6-5-7-13-19-2/h9-12H,3-8,13-16H2,1-2H3. The lowest BCUT2D eigenvalue weighted by molar-refractivity contribution is 0.115. The van der Waals surface area contributed by atoms with Crippen LogP contribution in [0, 0.1) is 0 Å². The zero-order valence-electron chi connectivity index (χ0n) is 13.6. The van der Waals surface area contributed by atoms with Gasteiger partial charge in [-0.2, -0.15) is 0 Å². The fraction of sp³-hybridized carbons (Fsp3) is 0.667. The predicted molar refractivity (Wildman–Crippen MR) is 86.8 cm³/mol. The molecule has 0 saturated carbocycles. The van der Waals surface area contributed by atoms with Gasteiger partial charge in [0, 0.05) is 20.3 Å². The molecule has 21 heavy (non-hydrogen) atoms. The predicted octanol–water partition coefficient (Wildman–Crippen LogP) is 4.59.